The molecule has 1 amide bonds. The van der Waals surface area contributed by atoms with Crippen LogP contribution in [0.5, 0.6) is 0 Å². The largest absolute Gasteiger partial charge is 0.393 e. The first-order valence-electron chi connectivity index (χ1n) is 7.46. The van der Waals surface area contributed by atoms with E-state index >= 15 is 0 Å². The van der Waals surface area contributed by atoms with Crippen LogP contribution in [0.1, 0.15) is 36.0 Å². The molecule has 0 bridgehead atoms. The Hall–Kier alpha value is -0.910. The second kappa shape index (κ2) is 6.24. The first-order valence-corrected chi connectivity index (χ1v) is 8.40. The van der Waals surface area contributed by atoms with Crippen molar-refractivity contribution in [3.8, 4) is 0 Å². The second-order valence-corrected chi connectivity index (χ2v) is 6.76. The lowest BCUT2D eigenvalue weighted by Crippen LogP contribution is -2.52. The van der Waals surface area contributed by atoms with Crippen LogP contribution in [0.4, 0.5) is 0 Å². The molecule has 4 nitrogen and oxygen atoms in total. The normalized spacial score (nSPS) is 28.6. The molecule has 1 atom stereocenters. The van der Waals surface area contributed by atoms with Gasteiger partial charge in [0.05, 0.1) is 6.10 Å². The molecule has 1 aromatic heterocycles. The van der Waals surface area contributed by atoms with Gasteiger partial charge in [-0.05, 0) is 62.1 Å². The van der Waals surface area contributed by atoms with Crippen LogP contribution in [0.25, 0.3) is 0 Å². The monoisotopic (exact) mass is 294 g/mol. The number of rotatable bonds is 4. The maximum Gasteiger partial charge on any atom is 0.252 e. The third-order valence-electron chi connectivity index (χ3n) is 4.63. The van der Waals surface area contributed by atoms with Crippen LogP contribution in [0.2, 0.25) is 0 Å². The van der Waals surface area contributed by atoms with Crippen LogP contribution in [0, 0.1) is 11.8 Å². The van der Waals surface area contributed by atoms with Crippen molar-refractivity contribution in [1.82, 2.24) is 10.6 Å². The Morgan fingerprint density at radius 3 is 2.70 bits per heavy atom. The first kappa shape index (κ1) is 14.0. The van der Waals surface area contributed by atoms with Crippen molar-refractivity contribution in [3.05, 3.63) is 22.4 Å². The molecule has 110 valence electrons. The molecule has 1 saturated heterocycles. The summed E-state index contributed by atoms with van der Waals surface area (Å²) in [6.45, 7) is 2.07. The predicted octanol–water partition coefficient (Wildman–Crippen LogP) is 1.62. The molecule has 0 spiro atoms. The zero-order valence-electron chi connectivity index (χ0n) is 11.5. The van der Waals surface area contributed by atoms with Crippen LogP contribution in [-0.4, -0.2) is 36.2 Å². The lowest BCUT2D eigenvalue weighted by molar-refractivity contribution is 0.00919. The van der Waals surface area contributed by atoms with Crippen molar-refractivity contribution < 1.29 is 9.90 Å². The third-order valence-corrected chi connectivity index (χ3v) is 5.31. The van der Waals surface area contributed by atoms with Crippen molar-refractivity contribution in [2.75, 3.05) is 13.1 Å². The molecule has 2 fully saturated rings. The van der Waals surface area contributed by atoms with Crippen molar-refractivity contribution in [2.45, 2.75) is 37.8 Å². The molecule has 3 rings (SSSR count). The van der Waals surface area contributed by atoms with Crippen molar-refractivity contribution in [1.29, 1.82) is 0 Å². The summed E-state index contributed by atoms with van der Waals surface area (Å²) in [7, 11) is 0. The number of aliphatic hydroxyl groups excluding tert-OH is 1. The van der Waals surface area contributed by atoms with E-state index in [1.165, 1.54) is 0 Å². The fourth-order valence-electron chi connectivity index (χ4n) is 3.38. The number of carbonyl (C=O) groups excluding carboxylic acids is 1. The Bertz CT molecular complexity index is 437. The van der Waals surface area contributed by atoms with Gasteiger partial charge < -0.3 is 15.7 Å². The number of hydrogen-bond acceptors (Lipinski definition) is 4. The first-order chi connectivity index (χ1) is 9.74. The summed E-state index contributed by atoms with van der Waals surface area (Å²) >= 11 is 1.55. The van der Waals surface area contributed by atoms with Crippen LogP contribution in [0.15, 0.2) is 16.8 Å². The molecule has 5 heteroatoms. The summed E-state index contributed by atoms with van der Waals surface area (Å²) in [6, 6.07) is 2.09. The number of nitrogens with one attached hydrogen (secondary N) is 2. The molecule has 3 N–H and O–H groups in total. The van der Waals surface area contributed by atoms with Crippen LogP contribution in [-0.2, 0) is 0 Å². The lowest BCUT2D eigenvalue weighted by Gasteiger charge is -2.43. The van der Waals surface area contributed by atoms with Gasteiger partial charge in [0.2, 0.25) is 0 Å². The van der Waals surface area contributed by atoms with E-state index in [9.17, 15) is 9.90 Å². The Balaban J connectivity index is 1.66. The van der Waals surface area contributed by atoms with Gasteiger partial charge in [0.1, 0.15) is 0 Å². The summed E-state index contributed by atoms with van der Waals surface area (Å²) in [6.07, 6.45) is 3.72. The average molecular weight is 294 g/mol. The predicted molar refractivity (Wildman–Crippen MR) is 79.9 cm³/mol. The Kier molecular flexibility index (Phi) is 4.38. The minimum absolute atomic E-state index is 0.0381. The van der Waals surface area contributed by atoms with E-state index in [1.807, 2.05) is 16.8 Å². The highest BCUT2D eigenvalue weighted by Gasteiger charge is 2.39. The standard InChI is InChI=1S/C15H22N2O2S/c18-13-7-12(8-13)14(10-1-4-16-5-2-10)17-15(19)11-3-6-20-9-11/h3,6,9-10,12-14,16,18H,1-2,4-5,7-8H2,(H,17,19). The van der Waals surface area contributed by atoms with E-state index < -0.39 is 0 Å². The zero-order valence-corrected chi connectivity index (χ0v) is 12.4. The molecule has 1 unspecified atom stereocenters. The van der Waals surface area contributed by atoms with Crippen molar-refractivity contribution in [3.63, 3.8) is 0 Å². The number of piperidine rings is 1. The molecular formula is C15H22N2O2S. The van der Waals surface area contributed by atoms with E-state index in [2.05, 4.69) is 10.6 Å². The van der Waals surface area contributed by atoms with Crippen LogP contribution >= 0.6 is 11.3 Å². The van der Waals surface area contributed by atoms with Gasteiger partial charge in [-0.25, -0.2) is 0 Å². The molecule has 20 heavy (non-hydrogen) atoms. The summed E-state index contributed by atoms with van der Waals surface area (Å²) in [4.78, 5) is 12.3. The van der Waals surface area contributed by atoms with Crippen LogP contribution < -0.4 is 10.6 Å². The lowest BCUT2D eigenvalue weighted by atomic mass is 9.71. The van der Waals surface area contributed by atoms with Gasteiger partial charge in [-0.1, -0.05) is 0 Å². The van der Waals surface area contributed by atoms with E-state index in [0.29, 0.717) is 11.8 Å². The third kappa shape index (κ3) is 3.05. The van der Waals surface area contributed by atoms with Crippen molar-refractivity contribution >= 4 is 17.2 Å². The number of hydrogen-bond donors (Lipinski definition) is 3. The highest BCUT2D eigenvalue weighted by atomic mass is 32.1. The van der Waals surface area contributed by atoms with E-state index in [-0.39, 0.29) is 18.1 Å². The van der Waals surface area contributed by atoms with E-state index in [1.54, 1.807) is 11.3 Å². The number of carbonyl (C=O) groups is 1. The molecule has 1 aliphatic carbocycles. The van der Waals surface area contributed by atoms with Gasteiger partial charge in [0, 0.05) is 17.0 Å². The molecule has 1 saturated carbocycles. The van der Waals surface area contributed by atoms with Crippen molar-refractivity contribution in [2.24, 2.45) is 11.8 Å². The maximum absolute atomic E-state index is 12.3. The Morgan fingerprint density at radius 1 is 1.35 bits per heavy atom. The Morgan fingerprint density at radius 2 is 2.10 bits per heavy atom. The summed E-state index contributed by atoms with van der Waals surface area (Å²) in [5.41, 5.74) is 0.758. The maximum atomic E-state index is 12.3. The zero-order chi connectivity index (χ0) is 13.9. The fourth-order valence-corrected chi connectivity index (χ4v) is 4.01. The molecule has 1 aromatic rings. The quantitative estimate of drug-likeness (QED) is 0.791. The molecule has 1 aliphatic heterocycles. The average Bonchev–Trinajstić information content (AvgIpc) is 2.97. The van der Waals surface area contributed by atoms with Gasteiger partial charge in [-0.2, -0.15) is 11.3 Å². The summed E-state index contributed by atoms with van der Waals surface area (Å²) < 4.78 is 0. The summed E-state index contributed by atoms with van der Waals surface area (Å²) in [5.74, 6) is 1.02. The molecular weight excluding hydrogens is 272 g/mol. The van der Waals surface area contributed by atoms with E-state index in [4.69, 9.17) is 0 Å². The van der Waals surface area contributed by atoms with Gasteiger partial charge in [-0.3, -0.25) is 4.79 Å². The molecule has 0 aromatic carbocycles. The van der Waals surface area contributed by atoms with Crippen LogP contribution in [0.3, 0.4) is 0 Å². The number of amides is 1. The van der Waals surface area contributed by atoms with Gasteiger partial charge in [-0.15, -0.1) is 0 Å². The smallest absolute Gasteiger partial charge is 0.252 e. The highest BCUT2D eigenvalue weighted by molar-refractivity contribution is 7.08. The second-order valence-electron chi connectivity index (χ2n) is 5.98. The fraction of sp³-hybridized carbons (Fsp3) is 0.667. The Labute approximate surface area is 123 Å². The van der Waals surface area contributed by atoms with E-state index in [0.717, 1.165) is 44.3 Å². The molecule has 2 aliphatic rings. The SMILES string of the molecule is O=C(NC(C1CCNCC1)C1CC(O)C1)c1ccsc1. The van der Waals surface area contributed by atoms with Gasteiger partial charge in [0.25, 0.3) is 5.91 Å². The minimum Gasteiger partial charge on any atom is -0.393 e. The highest BCUT2D eigenvalue weighted by Crippen LogP contribution is 2.35. The molecule has 2 heterocycles. The molecule has 0 radical (unpaired) electrons. The van der Waals surface area contributed by atoms with Gasteiger partial charge >= 0.3 is 0 Å². The number of aliphatic hydroxyl groups is 1. The number of thiophene rings is 1. The topological polar surface area (TPSA) is 61.4 Å². The summed E-state index contributed by atoms with van der Waals surface area (Å²) in [5, 5.41) is 20.0. The van der Waals surface area contributed by atoms with Gasteiger partial charge in [0.15, 0.2) is 0 Å². The minimum atomic E-state index is -0.165.